The van der Waals surface area contributed by atoms with Crippen molar-refractivity contribution in [3.05, 3.63) is 46.6 Å². The fourth-order valence-corrected chi connectivity index (χ4v) is 34.5. The minimum absolute atomic E-state index is 0.0766. The Balaban J connectivity index is 0.000000135. The number of allylic oxidation sites excluding steroid dienone is 2. The lowest BCUT2D eigenvalue weighted by atomic mass is 9.46. The first kappa shape index (κ1) is 92.0. The minimum atomic E-state index is -0.298. The van der Waals surface area contributed by atoms with Gasteiger partial charge in [0.25, 0.3) is 0 Å². The number of carbonyl (C=O) groups excluding carboxylic acids is 1. The summed E-state index contributed by atoms with van der Waals surface area (Å²) in [5.74, 6) is 17.8. The molecule has 16 rings (SSSR count). The molecule has 16 aliphatic rings. The molecular weight excluding hydrogens is 1430 g/mol. The van der Waals surface area contributed by atoms with Crippen LogP contribution in [0.2, 0.25) is 0 Å². The average Bonchev–Trinajstić information content (AvgIpc) is 1.34. The lowest BCUT2D eigenvalue weighted by Crippen LogP contribution is -2.55. The van der Waals surface area contributed by atoms with Crippen LogP contribution in [0.3, 0.4) is 0 Å². The van der Waals surface area contributed by atoms with E-state index in [0.717, 1.165) is 159 Å². The van der Waals surface area contributed by atoms with Crippen LogP contribution in [0.25, 0.3) is 0 Å². The van der Waals surface area contributed by atoms with Gasteiger partial charge in [-0.05, 0) is 372 Å². The Morgan fingerprint density at radius 2 is 0.672 bits per heavy atom. The Hall–Kier alpha value is -1.65. The molecule has 8 heteroatoms. The molecule has 16 aliphatic carbocycles. The molecule has 12 fully saturated rings. The van der Waals surface area contributed by atoms with Gasteiger partial charge in [-0.2, -0.15) is 0 Å². The van der Waals surface area contributed by atoms with Crippen LogP contribution in [0.4, 0.5) is 0 Å². The van der Waals surface area contributed by atoms with E-state index in [2.05, 4.69) is 157 Å². The van der Waals surface area contributed by atoms with Gasteiger partial charge < -0.3 is 25.5 Å². The molecule has 12 saturated carbocycles. The Bertz CT molecular complexity index is 3390. The van der Waals surface area contributed by atoms with Crippen LogP contribution in [0.5, 0.6) is 0 Å². The molecule has 0 radical (unpaired) electrons. The average molecular weight is 1610 g/mol. The van der Waals surface area contributed by atoms with E-state index in [1.54, 1.807) is 5.57 Å². The third-order valence-electron chi connectivity index (χ3n) is 41.1. The molecule has 116 heavy (non-hydrogen) atoms. The fourth-order valence-electron chi connectivity index (χ4n) is 34.5. The largest absolute Gasteiger partial charge is 0.393 e. The van der Waals surface area contributed by atoms with Gasteiger partial charge in [-0.1, -0.05) is 256 Å². The highest BCUT2D eigenvalue weighted by molar-refractivity contribution is 5.94. The number of ketones is 1. The summed E-state index contributed by atoms with van der Waals surface area (Å²) in [6.45, 7) is 49.1. The van der Waals surface area contributed by atoms with Crippen molar-refractivity contribution in [2.45, 2.75) is 438 Å². The van der Waals surface area contributed by atoms with Crippen LogP contribution in [-0.4, -0.2) is 73.2 Å². The number of aliphatic hydroxyl groups excluding tert-OH is 5. The van der Waals surface area contributed by atoms with Crippen molar-refractivity contribution in [2.75, 3.05) is 0 Å². The number of carbonyl (C=O) groups is 1. The van der Waals surface area contributed by atoms with Gasteiger partial charge in [-0.25, -0.2) is 4.89 Å². The second-order valence-corrected chi connectivity index (χ2v) is 49.1. The molecule has 0 aliphatic heterocycles. The maximum absolute atomic E-state index is 13.4. The van der Waals surface area contributed by atoms with E-state index in [4.69, 9.17) is 4.89 Å². The maximum Gasteiger partial charge on any atom is 0.159 e. The smallest absolute Gasteiger partial charge is 0.159 e. The third kappa shape index (κ3) is 17.6. The van der Waals surface area contributed by atoms with Crippen LogP contribution in [0, 0.1) is 185 Å². The summed E-state index contributed by atoms with van der Waals surface area (Å²) in [4.78, 5) is 18.6. The van der Waals surface area contributed by atoms with E-state index >= 15 is 0 Å². The fraction of sp³-hybridized carbons (Fsp3) is 0.917. The molecule has 18 unspecified atom stereocenters. The molecule has 0 amide bonds. The highest BCUT2D eigenvalue weighted by Gasteiger charge is 2.66. The zero-order valence-corrected chi connectivity index (χ0v) is 78.6. The molecule has 0 bridgehead atoms. The number of hydrogen-bond donors (Lipinski definition) is 6. The molecule has 6 N–H and O–H groups in total. The molecular formula is C108H182O8. The predicted molar refractivity (Wildman–Crippen MR) is 481 cm³/mol. The second kappa shape index (κ2) is 36.7. The summed E-state index contributed by atoms with van der Waals surface area (Å²) in [5.41, 5.74) is 8.28. The summed E-state index contributed by atoms with van der Waals surface area (Å²) >= 11 is 0. The van der Waals surface area contributed by atoms with Crippen molar-refractivity contribution < 1.29 is 40.5 Å². The first-order valence-electron chi connectivity index (χ1n) is 50.9. The number of fused-ring (bicyclic) bond motifs is 20. The standard InChI is InChI=1S/C27H46O3.C27H46O2.C27H44O2.C27H46O/c1-17(2)7-6-8-18(3)21-9-10-22-25-23(12-14-27(21,22)5)26(4)13-11-20(28)15-19(26)16-24(25)30-29;2*1-17(2)7-6-8-18(3)21-9-10-22-25-23(12-14-27(21,22)5)26(4)13-11-20(28)15-19(26)16-24(25)29;1-18(2)7-6-8-19(3)23-11-12-24-22-10-9-20-17-21(28)13-15-26(20,4)25(22)14-16-27(23,24)5/h16-18,20-25,28-29H,6-15H2,1-5H3;16-18,20-25,28-29H,6-15H2,1-5H3;16-18,20-23,25,28H,6-15H2,1-5H3;9,18-19,21-25,28H,6-8,10-17H2,1-5H3/t2*18?,20-,21+,22?,23?,24?,25?,26-,27+;18?,20-,21+,22?,23?,25?,26-,27+;19?,21-,22?,23+,24?,25?,26-,27+/m0000/s1. The van der Waals surface area contributed by atoms with Crippen molar-refractivity contribution in [2.24, 2.45) is 185 Å². The van der Waals surface area contributed by atoms with Gasteiger partial charge in [0.15, 0.2) is 5.78 Å². The summed E-state index contributed by atoms with van der Waals surface area (Å²) < 4.78 is 0. The molecule has 0 spiro atoms. The van der Waals surface area contributed by atoms with Crippen molar-refractivity contribution in [3.63, 3.8) is 0 Å². The van der Waals surface area contributed by atoms with Crippen LogP contribution in [-0.2, 0) is 9.68 Å². The predicted octanol–water partition coefficient (Wildman–Crippen LogP) is 27.2. The van der Waals surface area contributed by atoms with Gasteiger partial charge in [0.05, 0.1) is 30.5 Å². The van der Waals surface area contributed by atoms with Crippen LogP contribution < -0.4 is 0 Å². The Labute approximate surface area is 712 Å². The van der Waals surface area contributed by atoms with Crippen molar-refractivity contribution in [1.29, 1.82) is 0 Å². The quantitative estimate of drug-likeness (QED) is 0.0378. The summed E-state index contributed by atoms with van der Waals surface area (Å²) in [6.07, 6.45) is 58.5. The van der Waals surface area contributed by atoms with Gasteiger partial charge in [0.2, 0.25) is 0 Å². The number of rotatable bonds is 21. The third-order valence-corrected chi connectivity index (χ3v) is 41.1. The van der Waals surface area contributed by atoms with E-state index in [1.807, 2.05) is 6.08 Å². The summed E-state index contributed by atoms with van der Waals surface area (Å²) in [6, 6.07) is 0. The van der Waals surface area contributed by atoms with Crippen molar-refractivity contribution in [3.8, 4) is 0 Å². The lowest BCUT2D eigenvalue weighted by Gasteiger charge is -2.59. The summed E-state index contributed by atoms with van der Waals surface area (Å²) in [5, 5.41) is 62.1. The van der Waals surface area contributed by atoms with Gasteiger partial charge >= 0.3 is 0 Å². The first-order chi connectivity index (χ1) is 54.8. The van der Waals surface area contributed by atoms with Gasteiger partial charge in [0, 0.05) is 5.92 Å². The lowest BCUT2D eigenvalue weighted by molar-refractivity contribution is -0.296. The van der Waals surface area contributed by atoms with E-state index in [1.165, 1.54) is 209 Å². The van der Waals surface area contributed by atoms with E-state index in [9.17, 15) is 35.6 Å². The van der Waals surface area contributed by atoms with Crippen LogP contribution in [0.15, 0.2) is 46.6 Å². The van der Waals surface area contributed by atoms with Gasteiger partial charge in [-0.3, -0.25) is 10.1 Å². The molecule has 0 heterocycles. The SMILES string of the molecule is CC(C)CCCC(C)[C@H]1CCC2C3C(=O)C=C4C[C@@H](O)CC[C@]4(C)C3CC[C@@]21C.CC(C)CCCC(C)[C@H]1CCC2C3C(O)C=C4C[C@@H](O)CC[C@]4(C)C3CC[C@@]21C.CC(C)CCCC(C)[C@H]1CCC2C3C(OO)C=C4C[C@@H](O)CC[C@]4(C)C3CC[C@@]21C.CC(C)CCCC(C)[C@H]1CCC2C3CC=C4C[C@@H](O)CC[C@]4(C)C3CC[C@@]21C. The first-order valence-corrected chi connectivity index (χ1v) is 50.9. The highest BCUT2D eigenvalue weighted by atomic mass is 17.1. The molecule has 8 nitrogen and oxygen atoms in total. The molecule has 0 aromatic carbocycles. The van der Waals surface area contributed by atoms with Crippen molar-refractivity contribution in [1.82, 2.24) is 0 Å². The number of hydrogen-bond acceptors (Lipinski definition) is 8. The minimum Gasteiger partial charge on any atom is -0.393 e. The molecule has 0 aromatic heterocycles. The number of aliphatic hydroxyl groups is 5. The highest BCUT2D eigenvalue weighted by Crippen LogP contribution is 2.73. The Morgan fingerprint density at radius 3 is 1.09 bits per heavy atom. The van der Waals surface area contributed by atoms with Crippen LogP contribution >= 0.6 is 0 Å². The van der Waals surface area contributed by atoms with Gasteiger partial charge in [-0.15, -0.1) is 0 Å². The van der Waals surface area contributed by atoms with Crippen molar-refractivity contribution >= 4 is 5.78 Å². The molecule has 662 valence electrons. The Kier molecular flexibility index (Phi) is 29.1. The molecule has 0 aromatic rings. The molecule has 0 saturated heterocycles. The van der Waals surface area contributed by atoms with E-state index in [-0.39, 0.29) is 58.8 Å². The second-order valence-electron chi connectivity index (χ2n) is 49.1. The maximum atomic E-state index is 13.4. The van der Waals surface area contributed by atoms with Crippen LogP contribution in [0.1, 0.15) is 402 Å². The zero-order chi connectivity index (χ0) is 83.7. The normalized spacial score (nSPS) is 46.7. The van der Waals surface area contributed by atoms with E-state index in [0.29, 0.717) is 80.2 Å². The summed E-state index contributed by atoms with van der Waals surface area (Å²) in [7, 11) is 0. The van der Waals surface area contributed by atoms with Gasteiger partial charge in [0.1, 0.15) is 6.10 Å². The topological polar surface area (TPSA) is 148 Å². The Morgan fingerprint density at radius 1 is 0.345 bits per heavy atom. The monoisotopic (exact) mass is 1610 g/mol. The zero-order valence-electron chi connectivity index (χ0n) is 78.6. The molecule has 34 atom stereocenters. The van der Waals surface area contributed by atoms with E-state index < -0.39 is 0 Å².